The van der Waals surface area contributed by atoms with Gasteiger partial charge in [-0.2, -0.15) is 0 Å². The zero-order valence-corrected chi connectivity index (χ0v) is 14.1. The van der Waals surface area contributed by atoms with Gasteiger partial charge in [0.15, 0.2) is 0 Å². The minimum absolute atomic E-state index is 0.0499. The van der Waals surface area contributed by atoms with Gasteiger partial charge in [-0.05, 0) is 49.1 Å². The molecule has 1 aliphatic carbocycles. The Bertz CT molecular complexity index is 708. The van der Waals surface area contributed by atoms with Gasteiger partial charge >= 0.3 is 0 Å². The van der Waals surface area contributed by atoms with E-state index in [4.69, 9.17) is 16.3 Å². The van der Waals surface area contributed by atoms with Crippen LogP contribution in [0.15, 0.2) is 48.5 Å². The second kappa shape index (κ2) is 6.25. The largest absolute Gasteiger partial charge is 0.497 e. The number of hydrogen-bond donors (Lipinski definition) is 1. The van der Waals surface area contributed by atoms with Crippen LogP contribution in [0, 0.1) is 0 Å². The van der Waals surface area contributed by atoms with Crippen LogP contribution in [-0.4, -0.2) is 13.0 Å². The van der Waals surface area contributed by atoms with E-state index in [2.05, 4.69) is 5.32 Å². The van der Waals surface area contributed by atoms with Gasteiger partial charge in [-0.25, -0.2) is 0 Å². The summed E-state index contributed by atoms with van der Waals surface area (Å²) in [5.41, 5.74) is 1.52. The monoisotopic (exact) mass is 329 g/mol. The van der Waals surface area contributed by atoms with E-state index in [9.17, 15) is 4.79 Å². The van der Waals surface area contributed by atoms with Crippen molar-refractivity contribution in [2.24, 2.45) is 0 Å². The molecule has 0 bridgehead atoms. The van der Waals surface area contributed by atoms with Gasteiger partial charge in [-0.3, -0.25) is 4.79 Å². The molecule has 1 amide bonds. The molecular formula is C19H20ClNO2. The van der Waals surface area contributed by atoms with E-state index < -0.39 is 5.41 Å². The van der Waals surface area contributed by atoms with Crippen LogP contribution in [0.4, 0.5) is 0 Å². The number of ether oxygens (including phenoxy) is 1. The lowest BCUT2D eigenvalue weighted by Gasteiger charge is -2.21. The molecule has 0 radical (unpaired) electrons. The zero-order valence-electron chi connectivity index (χ0n) is 13.3. The Balaban J connectivity index is 1.75. The first kappa shape index (κ1) is 15.9. The second-order valence-corrected chi connectivity index (χ2v) is 6.44. The predicted octanol–water partition coefficient (Wildman–Crippen LogP) is 4.26. The Morgan fingerprint density at radius 2 is 1.83 bits per heavy atom. The fourth-order valence-corrected chi connectivity index (χ4v) is 3.22. The number of carbonyl (C=O) groups excluding carboxylic acids is 1. The number of methoxy groups -OCH3 is 1. The third kappa shape index (κ3) is 3.06. The maximum absolute atomic E-state index is 12.8. The van der Waals surface area contributed by atoms with Gasteiger partial charge in [-0.1, -0.05) is 41.9 Å². The van der Waals surface area contributed by atoms with Gasteiger partial charge in [0.25, 0.3) is 0 Å². The molecule has 1 atom stereocenters. The quantitative estimate of drug-likeness (QED) is 0.890. The highest BCUT2D eigenvalue weighted by molar-refractivity contribution is 6.31. The summed E-state index contributed by atoms with van der Waals surface area (Å²) < 4.78 is 5.16. The minimum Gasteiger partial charge on any atom is -0.497 e. The van der Waals surface area contributed by atoms with E-state index in [1.54, 1.807) is 7.11 Å². The lowest BCUT2D eigenvalue weighted by Crippen LogP contribution is -2.36. The van der Waals surface area contributed by atoms with Crippen molar-refractivity contribution in [1.82, 2.24) is 5.32 Å². The van der Waals surface area contributed by atoms with E-state index in [0.29, 0.717) is 5.02 Å². The van der Waals surface area contributed by atoms with Crippen molar-refractivity contribution in [2.75, 3.05) is 7.11 Å². The summed E-state index contributed by atoms with van der Waals surface area (Å²) in [5.74, 6) is 0.857. The predicted molar refractivity (Wildman–Crippen MR) is 91.9 cm³/mol. The molecule has 0 heterocycles. The lowest BCUT2D eigenvalue weighted by atomic mass is 9.94. The highest BCUT2D eigenvalue weighted by Gasteiger charge is 2.52. The lowest BCUT2D eigenvalue weighted by molar-refractivity contribution is -0.124. The first-order chi connectivity index (χ1) is 11.1. The Hall–Kier alpha value is -2.00. The molecule has 3 rings (SSSR count). The minimum atomic E-state index is -0.459. The fourth-order valence-electron chi connectivity index (χ4n) is 2.90. The van der Waals surface area contributed by atoms with Gasteiger partial charge in [0.2, 0.25) is 5.91 Å². The van der Waals surface area contributed by atoms with Crippen LogP contribution < -0.4 is 10.1 Å². The molecule has 3 nitrogen and oxygen atoms in total. The van der Waals surface area contributed by atoms with E-state index >= 15 is 0 Å². The van der Waals surface area contributed by atoms with Crippen molar-refractivity contribution in [3.8, 4) is 5.75 Å². The molecule has 0 aromatic heterocycles. The van der Waals surface area contributed by atoms with Gasteiger partial charge in [0.05, 0.1) is 18.6 Å². The van der Waals surface area contributed by atoms with Crippen LogP contribution in [0.3, 0.4) is 0 Å². The number of carbonyl (C=O) groups is 1. The van der Waals surface area contributed by atoms with Crippen molar-refractivity contribution >= 4 is 17.5 Å². The maximum Gasteiger partial charge on any atom is 0.231 e. The standard InChI is InChI=1S/C19H20ClNO2/c1-13(14-7-9-15(23-2)10-8-14)21-18(22)19(11-12-19)16-5-3-4-6-17(16)20/h3-10,13H,11-12H2,1-2H3,(H,21,22). The molecule has 120 valence electrons. The highest BCUT2D eigenvalue weighted by Crippen LogP contribution is 2.50. The van der Waals surface area contributed by atoms with Crippen LogP contribution in [0.1, 0.15) is 36.9 Å². The number of amides is 1. The summed E-state index contributed by atoms with van der Waals surface area (Å²) in [5, 5.41) is 3.79. The first-order valence-electron chi connectivity index (χ1n) is 7.77. The Kier molecular flexibility index (Phi) is 4.31. The molecule has 1 aliphatic rings. The van der Waals surface area contributed by atoms with Gasteiger partial charge < -0.3 is 10.1 Å². The second-order valence-electron chi connectivity index (χ2n) is 6.03. The Labute approximate surface area is 141 Å². The van der Waals surface area contributed by atoms with Crippen molar-refractivity contribution in [1.29, 1.82) is 0 Å². The summed E-state index contributed by atoms with van der Waals surface area (Å²) >= 11 is 6.29. The first-order valence-corrected chi connectivity index (χ1v) is 8.14. The molecule has 2 aromatic rings. The van der Waals surface area contributed by atoms with Crippen molar-refractivity contribution < 1.29 is 9.53 Å². The molecule has 1 fully saturated rings. The molecule has 1 N–H and O–H groups in total. The molecule has 1 unspecified atom stereocenters. The average Bonchev–Trinajstić information content (AvgIpc) is 3.37. The topological polar surface area (TPSA) is 38.3 Å². The SMILES string of the molecule is COc1ccc(C(C)NC(=O)C2(c3ccccc3Cl)CC2)cc1. The molecule has 0 spiro atoms. The van der Waals surface area contributed by atoms with Crippen LogP contribution in [0.5, 0.6) is 5.75 Å². The van der Waals surface area contributed by atoms with Crippen LogP contribution >= 0.6 is 11.6 Å². The van der Waals surface area contributed by atoms with Crippen molar-refractivity contribution in [3.05, 3.63) is 64.7 Å². The summed E-state index contributed by atoms with van der Waals surface area (Å²) in [6.45, 7) is 1.99. The average molecular weight is 330 g/mol. The van der Waals surface area contributed by atoms with Crippen molar-refractivity contribution in [2.45, 2.75) is 31.2 Å². The van der Waals surface area contributed by atoms with E-state index in [0.717, 1.165) is 29.7 Å². The zero-order chi connectivity index (χ0) is 16.4. The van der Waals surface area contributed by atoms with Gasteiger partial charge in [-0.15, -0.1) is 0 Å². The van der Waals surface area contributed by atoms with Crippen LogP contribution in [0.25, 0.3) is 0 Å². The van der Waals surface area contributed by atoms with E-state index in [1.165, 1.54) is 0 Å². The smallest absolute Gasteiger partial charge is 0.231 e. The normalized spacial score (nSPS) is 16.5. The van der Waals surface area contributed by atoms with Gasteiger partial charge in [0, 0.05) is 5.02 Å². The molecule has 4 heteroatoms. The fraction of sp³-hybridized carbons (Fsp3) is 0.316. The number of halogens is 1. The summed E-state index contributed by atoms with van der Waals surface area (Å²) in [4.78, 5) is 12.8. The molecule has 23 heavy (non-hydrogen) atoms. The Morgan fingerprint density at radius 1 is 1.17 bits per heavy atom. The number of benzene rings is 2. The third-order valence-corrected chi connectivity index (χ3v) is 4.87. The van der Waals surface area contributed by atoms with E-state index in [-0.39, 0.29) is 11.9 Å². The summed E-state index contributed by atoms with van der Waals surface area (Å²) in [6, 6.07) is 15.3. The van der Waals surface area contributed by atoms with Crippen LogP contribution in [0.2, 0.25) is 5.02 Å². The Morgan fingerprint density at radius 3 is 2.39 bits per heavy atom. The molecule has 0 saturated heterocycles. The van der Waals surface area contributed by atoms with Gasteiger partial charge in [0.1, 0.15) is 5.75 Å². The highest BCUT2D eigenvalue weighted by atomic mass is 35.5. The number of nitrogens with one attached hydrogen (secondary N) is 1. The number of rotatable bonds is 5. The third-order valence-electron chi connectivity index (χ3n) is 4.54. The molecule has 2 aromatic carbocycles. The summed E-state index contributed by atoms with van der Waals surface area (Å²) in [6.07, 6.45) is 1.69. The molecular weight excluding hydrogens is 310 g/mol. The van der Waals surface area contributed by atoms with Crippen LogP contribution in [-0.2, 0) is 10.2 Å². The maximum atomic E-state index is 12.8. The molecule has 0 aliphatic heterocycles. The van der Waals surface area contributed by atoms with Crippen molar-refractivity contribution in [3.63, 3.8) is 0 Å². The summed E-state index contributed by atoms with van der Waals surface area (Å²) in [7, 11) is 1.64. The number of hydrogen-bond acceptors (Lipinski definition) is 2. The molecule has 1 saturated carbocycles. The van der Waals surface area contributed by atoms with E-state index in [1.807, 2.05) is 55.5 Å².